The van der Waals surface area contributed by atoms with Gasteiger partial charge in [0.2, 0.25) is 5.91 Å². The van der Waals surface area contributed by atoms with Crippen LogP contribution in [0.4, 0.5) is 0 Å². The lowest BCUT2D eigenvalue weighted by atomic mass is 10.1. The maximum atomic E-state index is 12.8. The number of halogens is 4. The number of likely N-dealkylation sites (N-methyl/N-ethyl adjacent to an activating group) is 1. The first-order valence-electron chi connectivity index (χ1n) is 15.8. The minimum atomic E-state index is -0.386. The molecule has 0 saturated carbocycles. The maximum Gasteiger partial charge on any atom is 0.269 e. The molecule has 48 heavy (non-hydrogen) atoms. The molecule has 0 aliphatic heterocycles. The topological polar surface area (TPSA) is 128 Å². The van der Waals surface area contributed by atoms with E-state index in [9.17, 15) is 14.8 Å². The zero-order valence-electron chi connectivity index (χ0n) is 28.3. The molecule has 2 aromatic carbocycles. The molecule has 2 amide bonds. The van der Waals surface area contributed by atoms with Crippen LogP contribution in [-0.2, 0) is 22.4 Å². The zero-order chi connectivity index (χ0) is 35.6. The third kappa shape index (κ3) is 14.6. The van der Waals surface area contributed by atoms with Gasteiger partial charge in [0, 0.05) is 19.5 Å². The molecule has 0 aliphatic carbocycles. The monoisotopic (exact) mass is 924 g/mol. The molecule has 268 valence electrons. The number of carbonyl (C=O) groups is 2. The van der Waals surface area contributed by atoms with Gasteiger partial charge in [0.1, 0.15) is 17.2 Å². The van der Waals surface area contributed by atoms with Crippen molar-refractivity contribution in [3.8, 4) is 11.5 Å². The molecule has 4 N–H and O–H groups in total. The van der Waals surface area contributed by atoms with E-state index < -0.39 is 0 Å². The van der Waals surface area contributed by atoms with Crippen LogP contribution in [-0.4, -0.2) is 113 Å². The van der Waals surface area contributed by atoms with Crippen molar-refractivity contribution in [2.24, 2.45) is 5.16 Å². The second kappa shape index (κ2) is 22.9. The molecule has 0 bridgehead atoms. The summed E-state index contributed by atoms with van der Waals surface area (Å²) < 4.78 is 13.9. The molecule has 2 rings (SSSR count). The predicted molar refractivity (Wildman–Crippen MR) is 206 cm³/mol. The SMILES string of the molecule is CN[C@@H](Cc1cc(Br)c(OC)c(Br)c1)C(=O)NCCCN(C)CCCCN(C)CCCNC(=O)/C(Cc1cc(Br)c(OC)c(Br)c1)=N/O. The Hall–Kier alpha value is -1.75. The summed E-state index contributed by atoms with van der Waals surface area (Å²) >= 11 is 14.0. The summed E-state index contributed by atoms with van der Waals surface area (Å²) in [7, 11) is 9.19. The number of rotatable bonds is 22. The van der Waals surface area contributed by atoms with Gasteiger partial charge in [0.05, 0.1) is 38.2 Å². The fourth-order valence-electron chi connectivity index (χ4n) is 5.07. The fourth-order valence-corrected chi connectivity index (χ4v) is 8.28. The summed E-state index contributed by atoms with van der Waals surface area (Å²) in [5, 5.41) is 21.7. The highest BCUT2D eigenvalue weighted by molar-refractivity contribution is 9.11. The number of unbranched alkanes of at least 4 members (excludes halogenated alkanes) is 1. The minimum Gasteiger partial charge on any atom is -0.494 e. The van der Waals surface area contributed by atoms with E-state index >= 15 is 0 Å². The van der Waals surface area contributed by atoms with Gasteiger partial charge >= 0.3 is 0 Å². The van der Waals surface area contributed by atoms with Gasteiger partial charge in [-0.2, -0.15) is 0 Å². The number of carbonyl (C=O) groups excluding carboxylic acids is 2. The minimum absolute atomic E-state index is 0.0110. The molecule has 11 nitrogen and oxygen atoms in total. The molecule has 0 fully saturated rings. The summed E-state index contributed by atoms with van der Waals surface area (Å²) in [5.74, 6) is 0.989. The van der Waals surface area contributed by atoms with Gasteiger partial charge in [-0.1, -0.05) is 5.16 Å². The van der Waals surface area contributed by atoms with Gasteiger partial charge in [-0.25, -0.2) is 0 Å². The second-order valence-corrected chi connectivity index (χ2v) is 14.9. The number of nitrogens with zero attached hydrogens (tertiary/aromatic N) is 3. The highest BCUT2D eigenvalue weighted by atomic mass is 79.9. The Balaban J connectivity index is 1.57. The average molecular weight is 928 g/mol. The predicted octanol–water partition coefficient (Wildman–Crippen LogP) is 5.61. The van der Waals surface area contributed by atoms with E-state index in [1.54, 1.807) is 21.3 Å². The van der Waals surface area contributed by atoms with Crippen molar-refractivity contribution < 1.29 is 24.3 Å². The number of oxime groups is 1. The summed E-state index contributed by atoms with van der Waals surface area (Å²) in [6, 6.07) is 7.29. The smallest absolute Gasteiger partial charge is 0.269 e. The number of hydrogen-bond donors (Lipinski definition) is 4. The lowest BCUT2D eigenvalue weighted by Gasteiger charge is -2.20. The van der Waals surface area contributed by atoms with Crippen LogP contribution < -0.4 is 25.4 Å². The standard InChI is InChI=1S/C33H48Br4N6O5/c1-38-28(20-22-16-24(34)30(47-4)25(35)17-22)32(44)39-10-8-14-42(2)12-6-7-13-43(3)15-9-11-40-33(45)29(41-46)21-23-18-26(36)31(48-5)27(37)19-23/h16-19,28,38,46H,6-15,20-21H2,1-5H3,(H,39,44)(H,40,45)/b41-29+/t28-/m0/s1. The maximum absolute atomic E-state index is 12.8. The molecular weight excluding hydrogens is 880 g/mol. The van der Waals surface area contributed by atoms with Crippen LogP contribution in [0.1, 0.15) is 36.8 Å². The van der Waals surface area contributed by atoms with Crippen LogP contribution >= 0.6 is 63.7 Å². The molecule has 0 saturated heterocycles. The van der Waals surface area contributed by atoms with Gasteiger partial charge in [0.25, 0.3) is 5.91 Å². The molecular formula is C33H48Br4N6O5. The average Bonchev–Trinajstić information content (AvgIpc) is 3.04. The molecule has 2 aromatic rings. The molecule has 0 heterocycles. The van der Waals surface area contributed by atoms with Gasteiger partial charge in [-0.15, -0.1) is 0 Å². The molecule has 15 heteroatoms. The lowest BCUT2D eigenvalue weighted by Crippen LogP contribution is -2.44. The molecule has 0 aliphatic rings. The van der Waals surface area contributed by atoms with E-state index in [0.29, 0.717) is 25.3 Å². The number of benzene rings is 2. The Kier molecular flexibility index (Phi) is 20.2. The summed E-state index contributed by atoms with van der Waals surface area (Å²) in [5.41, 5.74) is 1.87. The normalized spacial score (nSPS) is 12.4. The summed E-state index contributed by atoms with van der Waals surface area (Å²) in [6.45, 7) is 4.83. The van der Waals surface area contributed by atoms with E-state index in [-0.39, 0.29) is 30.0 Å². The Morgan fingerprint density at radius 3 is 1.65 bits per heavy atom. The second-order valence-electron chi connectivity index (χ2n) is 11.5. The van der Waals surface area contributed by atoms with Crippen molar-refractivity contribution in [1.29, 1.82) is 0 Å². The Morgan fingerprint density at radius 2 is 1.21 bits per heavy atom. The first-order valence-corrected chi connectivity index (χ1v) is 19.0. The zero-order valence-corrected chi connectivity index (χ0v) is 34.6. The number of nitrogens with one attached hydrogen (secondary N) is 3. The van der Waals surface area contributed by atoms with Gasteiger partial charge in [-0.3, -0.25) is 9.59 Å². The Labute approximate surface area is 318 Å². The summed E-state index contributed by atoms with van der Waals surface area (Å²) in [6.07, 6.45) is 4.56. The highest BCUT2D eigenvalue weighted by Crippen LogP contribution is 2.35. The van der Waals surface area contributed by atoms with Crippen LogP contribution in [0, 0.1) is 0 Å². The number of ether oxygens (including phenoxy) is 2. The van der Waals surface area contributed by atoms with Crippen molar-refractivity contribution in [3.63, 3.8) is 0 Å². The largest absolute Gasteiger partial charge is 0.494 e. The van der Waals surface area contributed by atoms with E-state index in [0.717, 1.165) is 86.6 Å². The summed E-state index contributed by atoms with van der Waals surface area (Å²) in [4.78, 5) is 29.9. The molecule has 0 aromatic heterocycles. The van der Waals surface area contributed by atoms with Crippen LogP contribution in [0.5, 0.6) is 11.5 Å². The van der Waals surface area contributed by atoms with Crippen molar-refractivity contribution in [3.05, 3.63) is 53.3 Å². The fraction of sp³-hybridized carbons (Fsp3) is 0.545. The first-order chi connectivity index (χ1) is 22.9. The third-order valence-electron chi connectivity index (χ3n) is 7.73. The van der Waals surface area contributed by atoms with E-state index in [2.05, 4.69) is 109 Å². The Morgan fingerprint density at radius 1 is 0.771 bits per heavy atom. The number of amides is 2. The third-order valence-corrected chi connectivity index (χ3v) is 10.1. The van der Waals surface area contributed by atoms with Crippen molar-refractivity contribution in [2.45, 2.75) is 44.6 Å². The highest BCUT2D eigenvalue weighted by Gasteiger charge is 2.19. The number of methoxy groups -OCH3 is 2. The molecule has 0 spiro atoms. The molecule has 0 unspecified atom stereocenters. The van der Waals surface area contributed by atoms with Crippen LogP contribution in [0.25, 0.3) is 0 Å². The lowest BCUT2D eigenvalue weighted by molar-refractivity contribution is -0.123. The molecule has 0 radical (unpaired) electrons. The molecule has 1 atom stereocenters. The number of hydrogen-bond acceptors (Lipinski definition) is 9. The first kappa shape index (κ1) is 42.4. The van der Waals surface area contributed by atoms with Crippen LogP contribution in [0.15, 0.2) is 47.3 Å². The quantitative estimate of drug-likeness (QED) is 0.0520. The Bertz CT molecular complexity index is 1320. The van der Waals surface area contributed by atoms with Crippen molar-refractivity contribution in [2.75, 3.05) is 74.6 Å². The van der Waals surface area contributed by atoms with Crippen molar-refractivity contribution in [1.82, 2.24) is 25.8 Å². The van der Waals surface area contributed by atoms with E-state index in [4.69, 9.17) is 9.47 Å². The van der Waals surface area contributed by atoms with E-state index in [1.807, 2.05) is 24.3 Å². The van der Waals surface area contributed by atoms with Gasteiger partial charge < -0.3 is 40.4 Å². The van der Waals surface area contributed by atoms with E-state index in [1.165, 1.54) is 0 Å². The van der Waals surface area contributed by atoms with Crippen molar-refractivity contribution >= 4 is 81.2 Å². The van der Waals surface area contributed by atoms with Crippen LogP contribution in [0.2, 0.25) is 0 Å². The van der Waals surface area contributed by atoms with Crippen LogP contribution in [0.3, 0.4) is 0 Å². The van der Waals surface area contributed by atoms with Gasteiger partial charge in [-0.05, 0) is 179 Å². The van der Waals surface area contributed by atoms with Gasteiger partial charge in [0.15, 0.2) is 0 Å².